The van der Waals surface area contributed by atoms with Crippen molar-refractivity contribution < 1.29 is 18.9 Å². The second kappa shape index (κ2) is 6.85. The number of carbonyl (C=O) groups is 1. The van der Waals surface area contributed by atoms with E-state index in [-0.39, 0.29) is 12.0 Å². The fraction of sp³-hybridized carbons (Fsp3) is 0.385. The summed E-state index contributed by atoms with van der Waals surface area (Å²) in [5.74, 6) is -0.00105. The molecule has 22 heavy (non-hydrogen) atoms. The molecule has 1 aromatic heterocycles. The van der Waals surface area contributed by atoms with E-state index in [9.17, 15) is 14.9 Å². The first-order valence-corrected chi connectivity index (χ1v) is 6.53. The second-order valence-corrected chi connectivity index (χ2v) is 4.91. The number of nitrogens with zero attached hydrogens (tertiary/aromatic N) is 4. The van der Waals surface area contributed by atoms with Crippen molar-refractivity contribution in [1.82, 2.24) is 9.91 Å². The highest BCUT2D eigenvalue weighted by atomic mass is 16.6. The Balaban J connectivity index is 1.87. The molecule has 2 rings (SSSR count). The van der Waals surface area contributed by atoms with Gasteiger partial charge in [-0.1, -0.05) is 0 Å². The van der Waals surface area contributed by atoms with E-state index in [1.807, 2.05) is 19.0 Å². The summed E-state index contributed by atoms with van der Waals surface area (Å²) in [5.41, 5.74) is 0. The van der Waals surface area contributed by atoms with Gasteiger partial charge in [0, 0.05) is 12.8 Å². The van der Waals surface area contributed by atoms with E-state index in [2.05, 4.69) is 5.10 Å². The molecule has 0 radical (unpaired) electrons. The highest BCUT2D eigenvalue weighted by molar-refractivity contribution is 5.79. The van der Waals surface area contributed by atoms with Gasteiger partial charge in [0.25, 0.3) is 0 Å². The Morgan fingerprint density at radius 2 is 2.32 bits per heavy atom. The molecule has 1 fully saturated rings. The molecule has 1 saturated heterocycles. The van der Waals surface area contributed by atoms with E-state index < -0.39 is 11.0 Å². The fourth-order valence-corrected chi connectivity index (χ4v) is 1.89. The van der Waals surface area contributed by atoms with E-state index >= 15 is 0 Å². The van der Waals surface area contributed by atoms with Crippen molar-refractivity contribution in [3.63, 3.8) is 0 Å². The monoisotopic (exact) mass is 308 g/mol. The van der Waals surface area contributed by atoms with E-state index in [0.29, 0.717) is 18.8 Å². The van der Waals surface area contributed by atoms with Gasteiger partial charge in [-0.15, -0.1) is 0 Å². The number of hydrazone groups is 1. The summed E-state index contributed by atoms with van der Waals surface area (Å²) in [6.45, 7) is 1.01. The van der Waals surface area contributed by atoms with Gasteiger partial charge in [0.1, 0.15) is 16.8 Å². The summed E-state index contributed by atoms with van der Waals surface area (Å²) in [4.78, 5) is 23.3. The number of nitro groups is 1. The zero-order valence-electron chi connectivity index (χ0n) is 12.2. The van der Waals surface area contributed by atoms with Crippen LogP contribution in [0, 0.1) is 10.1 Å². The van der Waals surface area contributed by atoms with Crippen LogP contribution < -0.4 is 0 Å². The van der Waals surface area contributed by atoms with Crippen LogP contribution in [0.4, 0.5) is 10.7 Å². The topological polar surface area (TPSA) is 101 Å². The highest BCUT2D eigenvalue weighted by Gasteiger charge is 2.31. The molecule has 0 aromatic carbocycles. The van der Waals surface area contributed by atoms with Crippen LogP contribution in [-0.2, 0) is 4.74 Å². The number of cyclic esters (lactones) is 1. The van der Waals surface area contributed by atoms with Crippen LogP contribution in [0.25, 0.3) is 6.08 Å². The molecular weight excluding hydrogens is 292 g/mol. The minimum atomic E-state index is -0.615. The Morgan fingerprint density at radius 1 is 1.55 bits per heavy atom. The number of carbonyl (C=O) groups excluding carboxylic acids is 1. The van der Waals surface area contributed by atoms with Crippen LogP contribution in [-0.4, -0.2) is 60.4 Å². The van der Waals surface area contributed by atoms with Crippen molar-refractivity contribution in [3.8, 4) is 0 Å². The second-order valence-electron chi connectivity index (χ2n) is 4.91. The number of amides is 1. The summed E-state index contributed by atoms with van der Waals surface area (Å²) >= 11 is 0. The molecule has 0 saturated carbocycles. The maximum absolute atomic E-state index is 11.6. The number of rotatable bonds is 6. The predicted octanol–water partition coefficient (Wildman–Crippen LogP) is 1.57. The first-order chi connectivity index (χ1) is 10.5. The van der Waals surface area contributed by atoms with Crippen LogP contribution >= 0.6 is 0 Å². The average Bonchev–Trinajstić information content (AvgIpc) is 3.01. The zero-order chi connectivity index (χ0) is 16.1. The van der Waals surface area contributed by atoms with Crippen molar-refractivity contribution in [3.05, 3.63) is 34.1 Å². The van der Waals surface area contributed by atoms with Crippen LogP contribution in [0.15, 0.2) is 27.7 Å². The first kappa shape index (κ1) is 15.7. The largest absolute Gasteiger partial charge is 0.441 e. The van der Waals surface area contributed by atoms with Gasteiger partial charge in [0.15, 0.2) is 0 Å². The normalized spacial score (nSPS) is 18.8. The van der Waals surface area contributed by atoms with E-state index in [1.54, 1.807) is 0 Å². The molecule has 9 nitrogen and oxygen atoms in total. The van der Waals surface area contributed by atoms with Gasteiger partial charge in [0.05, 0.1) is 12.6 Å². The van der Waals surface area contributed by atoms with Gasteiger partial charge in [-0.2, -0.15) is 10.1 Å². The fourth-order valence-electron chi connectivity index (χ4n) is 1.89. The Hall–Kier alpha value is -2.68. The molecule has 0 bridgehead atoms. The summed E-state index contributed by atoms with van der Waals surface area (Å²) < 4.78 is 10.1. The maximum atomic E-state index is 11.6. The lowest BCUT2D eigenvalue weighted by molar-refractivity contribution is -0.402. The lowest BCUT2D eigenvalue weighted by atomic mass is 10.3. The molecule has 1 atom stereocenters. The van der Waals surface area contributed by atoms with Gasteiger partial charge in [0.2, 0.25) is 0 Å². The first-order valence-electron chi connectivity index (χ1n) is 6.53. The van der Waals surface area contributed by atoms with Crippen molar-refractivity contribution in [2.24, 2.45) is 5.10 Å². The van der Waals surface area contributed by atoms with Crippen LogP contribution in [0.2, 0.25) is 0 Å². The van der Waals surface area contributed by atoms with Crippen molar-refractivity contribution in [1.29, 1.82) is 0 Å². The van der Waals surface area contributed by atoms with E-state index in [4.69, 9.17) is 9.15 Å². The molecule has 9 heteroatoms. The maximum Gasteiger partial charge on any atom is 0.433 e. The average molecular weight is 308 g/mol. The highest BCUT2D eigenvalue weighted by Crippen LogP contribution is 2.16. The zero-order valence-corrected chi connectivity index (χ0v) is 12.2. The van der Waals surface area contributed by atoms with Crippen molar-refractivity contribution >= 4 is 24.3 Å². The van der Waals surface area contributed by atoms with Crippen LogP contribution in [0.1, 0.15) is 5.76 Å². The number of hydrogen-bond acceptors (Lipinski definition) is 7. The number of ether oxygens (including phenoxy) is 1. The number of hydrogen-bond donors (Lipinski definition) is 0. The SMILES string of the molecule is CN(C)C[C@@H]1CN(/N=C\C=C\c2ccc([N+](=O)[O-])o2)C(=O)O1. The van der Waals surface area contributed by atoms with E-state index in [0.717, 1.165) is 0 Å². The molecule has 118 valence electrons. The molecule has 1 aliphatic heterocycles. The summed E-state index contributed by atoms with van der Waals surface area (Å²) in [5, 5.41) is 15.7. The third-order valence-corrected chi connectivity index (χ3v) is 2.77. The smallest absolute Gasteiger partial charge is 0.433 e. The molecule has 2 heterocycles. The molecular formula is C13H16N4O5. The van der Waals surface area contributed by atoms with E-state index in [1.165, 1.54) is 35.5 Å². The molecule has 0 aliphatic carbocycles. The third-order valence-electron chi connectivity index (χ3n) is 2.77. The quantitative estimate of drug-likeness (QED) is 0.449. The summed E-state index contributed by atoms with van der Waals surface area (Å²) in [6, 6.07) is 2.74. The lowest BCUT2D eigenvalue weighted by Crippen LogP contribution is -2.28. The Labute approximate surface area is 126 Å². The van der Waals surface area contributed by atoms with Gasteiger partial charge in [-0.05, 0) is 32.3 Å². The molecule has 1 aliphatic rings. The minimum Gasteiger partial charge on any atom is -0.441 e. The minimum absolute atomic E-state index is 0.212. The summed E-state index contributed by atoms with van der Waals surface area (Å²) in [6.07, 6.45) is 3.72. The molecule has 0 unspecified atom stereocenters. The van der Waals surface area contributed by atoms with Crippen molar-refractivity contribution in [2.75, 3.05) is 27.2 Å². The number of furan rings is 1. The van der Waals surface area contributed by atoms with Gasteiger partial charge < -0.3 is 14.1 Å². The number of likely N-dealkylation sites (N-methyl/N-ethyl adjacent to an activating group) is 1. The standard InChI is InChI=1S/C13H16N4O5/c1-15(2)8-11-9-16(13(18)22-11)14-7-3-4-10-5-6-12(21-10)17(19)20/h3-7,11H,8-9H2,1-2H3/b4-3+,14-7-/t11-/m1/s1. The Bertz CT molecular complexity index is 607. The molecule has 1 aromatic rings. The van der Waals surface area contributed by atoms with Crippen LogP contribution in [0.3, 0.4) is 0 Å². The Morgan fingerprint density at radius 3 is 2.95 bits per heavy atom. The Kier molecular flexibility index (Phi) is 4.89. The van der Waals surface area contributed by atoms with Gasteiger partial charge in [-0.3, -0.25) is 10.1 Å². The van der Waals surface area contributed by atoms with Crippen molar-refractivity contribution in [2.45, 2.75) is 6.10 Å². The third kappa shape index (κ3) is 4.16. The molecule has 0 N–H and O–H groups in total. The van der Waals surface area contributed by atoms with Crippen LogP contribution in [0.5, 0.6) is 0 Å². The predicted molar refractivity (Wildman–Crippen MR) is 78.4 cm³/mol. The summed E-state index contributed by atoms with van der Waals surface area (Å²) in [7, 11) is 3.79. The molecule has 0 spiro atoms. The van der Waals surface area contributed by atoms with Gasteiger partial charge >= 0.3 is 12.0 Å². The lowest BCUT2D eigenvalue weighted by Gasteiger charge is -2.13. The molecule has 1 amide bonds. The number of allylic oxidation sites excluding steroid dienone is 1. The van der Waals surface area contributed by atoms with Gasteiger partial charge in [-0.25, -0.2) is 4.79 Å².